The standard InChI is InChI=1S/C21H26F3N5/c22-21(23,24)18-1-2-20(26-15-18)29-13-11-28(12-14-29)19-5-9-27(10-6-19)16-17-3-7-25-8-4-17/h1-4,7-8,15,19H,5-6,9-14,16H2. The predicted octanol–water partition coefficient (Wildman–Crippen LogP) is 3.28. The SMILES string of the molecule is FC(F)(F)c1ccc(N2CCN(C3CCN(Cc4ccncc4)CC3)CC2)nc1. The lowest BCUT2D eigenvalue weighted by molar-refractivity contribution is -0.137. The van der Waals surface area contributed by atoms with Crippen molar-refractivity contribution in [2.24, 2.45) is 0 Å². The van der Waals surface area contributed by atoms with Crippen LogP contribution in [0.4, 0.5) is 19.0 Å². The topological polar surface area (TPSA) is 35.5 Å². The molecule has 0 unspecified atom stereocenters. The monoisotopic (exact) mass is 405 g/mol. The first-order valence-corrected chi connectivity index (χ1v) is 10.1. The molecule has 0 bridgehead atoms. The zero-order valence-corrected chi connectivity index (χ0v) is 16.4. The van der Waals surface area contributed by atoms with E-state index in [-0.39, 0.29) is 0 Å². The summed E-state index contributed by atoms with van der Waals surface area (Å²) in [6.07, 6.45) is 2.59. The number of alkyl halides is 3. The quantitative estimate of drug-likeness (QED) is 0.780. The summed E-state index contributed by atoms with van der Waals surface area (Å²) in [4.78, 5) is 15.2. The summed E-state index contributed by atoms with van der Waals surface area (Å²) in [5.41, 5.74) is 0.606. The lowest BCUT2D eigenvalue weighted by Crippen LogP contribution is -2.53. The fourth-order valence-electron chi connectivity index (χ4n) is 4.25. The number of piperidine rings is 1. The molecule has 2 saturated heterocycles. The van der Waals surface area contributed by atoms with Crippen LogP contribution in [0.1, 0.15) is 24.0 Å². The average Bonchev–Trinajstić information content (AvgIpc) is 2.75. The first kappa shape index (κ1) is 20.1. The Kier molecular flexibility index (Phi) is 6.01. The number of piperazine rings is 1. The van der Waals surface area contributed by atoms with Gasteiger partial charge in [-0.05, 0) is 55.8 Å². The van der Waals surface area contributed by atoms with Crippen molar-refractivity contribution in [1.29, 1.82) is 0 Å². The number of rotatable bonds is 4. The number of halogens is 3. The fourth-order valence-corrected chi connectivity index (χ4v) is 4.25. The van der Waals surface area contributed by atoms with Crippen LogP contribution in [-0.2, 0) is 12.7 Å². The van der Waals surface area contributed by atoms with Gasteiger partial charge < -0.3 is 4.90 Å². The summed E-state index contributed by atoms with van der Waals surface area (Å²) in [6.45, 7) is 6.62. The predicted molar refractivity (Wildman–Crippen MR) is 106 cm³/mol. The average molecular weight is 405 g/mol. The second-order valence-corrected chi connectivity index (χ2v) is 7.79. The molecule has 29 heavy (non-hydrogen) atoms. The van der Waals surface area contributed by atoms with Crippen LogP contribution in [0, 0.1) is 0 Å². The van der Waals surface area contributed by atoms with E-state index in [1.54, 1.807) is 0 Å². The van der Waals surface area contributed by atoms with Crippen LogP contribution in [0.5, 0.6) is 0 Å². The second kappa shape index (κ2) is 8.67. The Morgan fingerprint density at radius 1 is 0.897 bits per heavy atom. The lowest BCUT2D eigenvalue weighted by atomic mass is 10.0. The van der Waals surface area contributed by atoms with Crippen LogP contribution in [-0.4, -0.2) is 65.1 Å². The van der Waals surface area contributed by atoms with E-state index in [0.717, 1.165) is 70.9 Å². The maximum atomic E-state index is 12.7. The van der Waals surface area contributed by atoms with E-state index in [9.17, 15) is 13.2 Å². The van der Waals surface area contributed by atoms with Gasteiger partial charge in [0.25, 0.3) is 0 Å². The molecule has 2 aliphatic rings. The maximum Gasteiger partial charge on any atom is 0.417 e. The van der Waals surface area contributed by atoms with Gasteiger partial charge in [0.05, 0.1) is 5.56 Å². The van der Waals surface area contributed by atoms with Crippen LogP contribution in [0.25, 0.3) is 0 Å². The second-order valence-electron chi connectivity index (χ2n) is 7.79. The largest absolute Gasteiger partial charge is 0.417 e. The van der Waals surface area contributed by atoms with Gasteiger partial charge in [-0.3, -0.25) is 14.8 Å². The van der Waals surface area contributed by atoms with E-state index in [4.69, 9.17) is 0 Å². The number of likely N-dealkylation sites (tertiary alicyclic amines) is 1. The summed E-state index contributed by atoms with van der Waals surface area (Å²) in [6, 6.07) is 7.33. The minimum atomic E-state index is -4.34. The van der Waals surface area contributed by atoms with Crippen LogP contribution in [0.2, 0.25) is 0 Å². The highest BCUT2D eigenvalue weighted by molar-refractivity contribution is 5.40. The molecule has 0 amide bonds. The summed E-state index contributed by atoms with van der Waals surface area (Å²) in [5.74, 6) is 0.629. The Morgan fingerprint density at radius 2 is 1.59 bits per heavy atom. The molecule has 2 aromatic rings. The molecule has 2 fully saturated rings. The third-order valence-corrected chi connectivity index (χ3v) is 5.94. The van der Waals surface area contributed by atoms with Gasteiger partial charge in [0.1, 0.15) is 5.82 Å². The Morgan fingerprint density at radius 3 is 2.17 bits per heavy atom. The van der Waals surface area contributed by atoms with Crippen LogP contribution < -0.4 is 4.90 Å². The minimum absolute atomic E-state index is 0.589. The molecule has 5 nitrogen and oxygen atoms in total. The number of nitrogens with zero attached hydrogens (tertiary/aromatic N) is 5. The van der Waals surface area contributed by atoms with E-state index >= 15 is 0 Å². The van der Waals surface area contributed by atoms with Crippen molar-refractivity contribution in [3.05, 3.63) is 54.0 Å². The molecule has 0 atom stereocenters. The number of aromatic nitrogens is 2. The Bertz CT molecular complexity index is 765. The van der Waals surface area contributed by atoms with Gasteiger partial charge in [0.2, 0.25) is 0 Å². The molecule has 8 heteroatoms. The van der Waals surface area contributed by atoms with Crippen molar-refractivity contribution in [2.45, 2.75) is 31.6 Å². The van der Waals surface area contributed by atoms with Crippen molar-refractivity contribution in [1.82, 2.24) is 19.8 Å². The fraction of sp³-hybridized carbons (Fsp3) is 0.524. The van der Waals surface area contributed by atoms with Crippen molar-refractivity contribution in [3.63, 3.8) is 0 Å². The molecule has 4 rings (SSSR count). The van der Waals surface area contributed by atoms with Crippen molar-refractivity contribution in [2.75, 3.05) is 44.2 Å². The molecule has 0 aliphatic carbocycles. The molecular weight excluding hydrogens is 379 g/mol. The normalized spacial score (nSPS) is 20.2. The molecular formula is C21H26F3N5. The third kappa shape index (κ3) is 5.05. The van der Waals surface area contributed by atoms with Gasteiger partial charge >= 0.3 is 6.18 Å². The smallest absolute Gasteiger partial charge is 0.354 e. The van der Waals surface area contributed by atoms with E-state index in [1.807, 2.05) is 12.4 Å². The molecule has 4 heterocycles. The number of hydrogen-bond donors (Lipinski definition) is 0. The third-order valence-electron chi connectivity index (χ3n) is 5.94. The van der Waals surface area contributed by atoms with Crippen LogP contribution in [0.15, 0.2) is 42.9 Å². The van der Waals surface area contributed by atoms with Crippen LogP contribution >= 0.6 is 0 Å². The highest BCUT2D eigenvalue weighted by Crippen LogP contribution is 2.29. The van der Waals surface area contributed by atoms with Crippen molar-refractivity contribution < 1.29 is 13.2 Å². The Balaban J connectivity index is 1.24. The van der Waals surface area contributed by atoms with E-state index < -0.39 is 11.7 Å². The minimum Gasteiger partial charge on any atom is -0.354 e. The van der Waals surface area contributed by atoms with Gasteiger partial charge in [-0.25, -0.2) is 4.98 Å². The Hall–Kier alpha value is -2.19. The van der Waals surface area contributed by atoms with Gasteiger partial charge in [-0.2, -0.15) is 13.2 Å². The van der Waals surface area contributed by atoms with Crippen molar-refractivity contribution in [3.8, 4) is 0 Å². The number of anilines is 1. The summed E-state index contributed by atoms with van der Waals surface area (Å²) >= 11 is 0. The molecule has 0 aromatic carbocycles. The molecule has 0 saturated carbocycles. The Labute approximate surface area is 169 Å². The lowest BCUT2D eigenvalue weighted by Gasteiger charge is -2.43. The molecule has 156 valence electrons. The maximum absolute atomic E-state index is 12.7. The van der Waals surface area contributed by atoms with Gasteiger partial charge in [-0.15, -0.1) is 0 Å². The summed E-state index contributed by atoms with van der Waals surface area (Å²) in [5, 5.41) is 0. The molecule has 0 radical (unpaired) electrons. The molecule has 2 aromatic heterocycles. The summed E-state index contributed by atoms with van der Waals surface area (Å²) < 4.78 is 38.1. The van der Waals surface area contributed by atoms with Crippen LogP contribution in [0.3, 0.4) is 0 Å². The zero-order valence-electron chi connectivity index (χ0n) is 16.4. The van der Waals surface area contributed by atoms with E-state index in [1.165, 1.54) is 11.6 Å². The first-order valence-electron chi connectivity index (χ1n) is 10.1. The highest BCUT2D eigenvalue weighted by Gasteiger charge is 2.31. The zero-order chi connectivity index (χ0) is 20.3. The van der Waals surface area contributed by atoms with Gasteiger partial charge in [0.15, 0.2) is 0 Å². The van der Waals surface area contributed by atoms with E-state index in [2.05, 4.69) is 36.8 Å². The molecule has 0 N–H and O–H groups in total. The summed E-state index contributed by atoms with van der Waals surface area (Å²) in [7, 11) is 0. The van der Waals surface area contributed by atoms with E-state index in [0.29, 0.717) is 11.9 Å². The van der Waals surface area contributed by atoms with Gasteiger partial charge in [0, 0.05) is 57.4 Å². The van der Waals surface area contributed by atoms with Crippen molar-refractivity contribution >= 4 is 5.82 Å². The number of pyridine rings is 2. The van der Waals surface area contributed by atoms with Gasteiger partial charge in [-0.1, -0.05) is 0 Å². The molecule has 0 spiro atoms. The highest BCUT2D eigenvalue weighted by atomic mass is 19.4. The molecule has 2 aliphatic heterocycles. The first-order chi connectivity index (χ1) is 14.0. The number of hydrogen-bond acceptors (Lipinski definition) is 5.